The Hall–Kier alpha value is -1.64. The number of aromatic nitrogens is 2. The van der Waals surface area contributed by atoms with E-state index in [0.29, 0.717) is 11.8 Å². The molecule has 0 saturated carbocycles. The molecule has 0 aliphatic rings. The average Bonchev–Trinajstić information content (AvgIpc) is 2.68. The Bertz CT molecular complexity index is 421. The van der Waals surface area contributed by atoms with E-state index in [1.807, 2.05) is 45.0 Å². The first kappa shape index (κ1) is 11.4. The molecule has 0 spiro atoms. The Morgan fingerprint density at radius 3 is 2.33 bits per heavy atom. The molecule has 0 aliphatic carbocycles. The summed E-state index contributed by atoms with van der Waals surface area (Å²) >= 11 is 0. The van der Waals surface area contributed by atoms with Gasteiger partial charge in [-0.25, -0.2) is 0 Å². The molecule has 1 aromatic heterocycles. The van der Waals surface area contributed by atoms with E-state index in [4.69, 9.17) is 4.42 Å². The van der Waals surface area contributed by atoms with Crippen LogP contribution in [0.25, 0.3) is 11.5 Å². The summed E-state index contributed by atoms with van der Waals surface area (Å²) in [5.74, 6) is 1.18. The second-order valence-electron chi connectivity index (χ2n) is 3.00. The quantitative estimate of drug-likeness (QED) is 0.714. The Morgan fingerprint density at radius 1 is 1.07 bits per heavy atom. The molecular weight excluding hydrogens is 188 g/mol. The zero-order valence-corrected chi connectivity index (χ0v) is 9.61. The molecule has 0 amide bonds. The summed E-state index contributed by atoms with van der Waals surface area (Å²) in [6.45, 7) is 7.82. The van der Waals surface area contributed by atoms with Crippen molar-refractivity contribution in [3.05, 3.63) is 35.7 Å². The molecule has 3 nitrogen and oxygen atoms in total. The van der Waals surface area contributed by atoms with Crippen LogP contribution < -0.4 is 0 Å². The van der Waals surface area contributed by atoms with Crippen molar-refractivity contribution in [1.29, 1.82) is 0 Å². The molecule has 0 fully saturated rings. The van der Waals surface area contributed by atoms with E-state index in [1.54, 1.807) is 6.92 Å². The van der Waals surface area contributed by atoms with Gasteiger partial charge in [0, 0.05) is 12.5 Å². The number of nitrogens with zero attached hydrogens (tertiary/aromatic N) is 2. The van der Waals surface area contributed by atoms with Crippen LogP contribution in [0.4, 0.5) is 0 Å². The zero-order valence-electron chi connectivity index (χ0n) is 9.61. The van der Waals surface area contributed by atoms with Crippen molar-refractivity contribution in [3.8, 4) is 11.5 Å². The number of hydrogen-bond donors (Lipinski definition) is 0. The van der Waals surface area contributed by atoms with Gasteiger partial charge in [-0.15, -0.1) is 10.2 Å². The van der Waals surface area contributed by atoms with Crippen molar-refractivity contribution in [3.63, 3.8) is 0 Å². The van der Waals surface area contributed by atoms with E-state index in [-0.39, 0.29) is 0 Å². The van der Waals surface area contributed by atoms with Gasteiger partial charge in [0.25, 0.3) is 0 Å². The number of benzene rings is 1. The van der Waals surface area contributed by atoms with Crippen LogP contribution >= 0.6 is 0 Å². The first-order valence-corrected chi connectivity index (χ1v) is 5.13. The summed E-state index contributed by atoms with van der Waals surface area (Å²) in [7, 11) is 0. The maximum atomic E-state index is 5.30. The van der Waals surface area contributed by atoms with Crippen LogP contribution in [0.2, 0.25) is 0 Å². The minimum absolute atomic E-state index is 0.584. The van der Waals surface area contributed by atoms with Gasteiger partial charge in [0.15, 0.2) is 0 Å². The van der Waals surface area contributed by atoms with E-state index < -0.39 is 0 Å². The minimum atomic E-state index is 0.584. The Labute approximate surface area is 90.2 Å². The van der Waals surface area contributed by atoms with E-state index in [2.05, 4.69) is 10.2 Å². The maximum Gasteiger partial charge on any atom is 0.247 e. The highest BCUT2D eigenvalue weighted by Gasteiger charge is 2.04. The third kappa shape index (κ3) is 2.91. The van der Waals surface area contributed by atoms with Crippen molar-refractivity contribution in [2.24, 2.45) is 0 Å². The van der Waals surface area contributed by atoms with Crippen LogP contribution in [0.5, 0.6) is 0 Å². The predicted molar refractivity (Wildman–Crippen MR) is 60.6 cm³/mol. The summed E-state index contributed by atoms with van der Waals surface area (Å²) in [6.07, 6.45) is 0. The Kier molecular flexibility index (Phi) is 4.03. The van der Waals surface area contributed by atoms with Crippen molar-refractivity contribution in [2.45, 2.75) is 27.7 Å². The van der Waals surface area contributed by atoms with Gasteiger partial charge in [0.1, 0.15) is 0 Å². The highest BCUT2D eigenvalue weighted by molar-refractivity contribution is 5.53. The fourth-order valence-corrected chi connectivity index (χ4v) is 1.19. The smallest absolute Gasteiger partial charge is 0.247 e. The van der Waals surface area contributed by atoms with Gasteiger partial charge in [-0.3, -0.25) is 0 Å². The lowest BCUT2D eigenvalue weighted by Gasteiger charge is -1.95. The molecule has 3 heteroatoms. The van der Waals surface area contributed by atoms with Gasteiger partial charge in [-0.1, -0.05) is 31.5 Å². The molecule has 0 N–H and O–H groups in total. The first-order chi connectivity index (χ1) is 7.25. The summed E-state index contributed by atoms with van der Waals surface area (Å²) < 4.78 is 5.30. The van der Waals surface area contributed by atoms with Gasteiger partial charge in [0.05, 0.1) is 0 Å². The lowest BCUT2D eigenvalue weighted by atomic mass is 10.1. The van der Waals surface area contributed by atoms with Crippen molar-refractivity contribution in [2.75, 3.05) is 0 Å². The molecule has 0 bridgehead atoms. The second-order valence-corrected chi connectivity index (χ2v) is 3.00. The number of aryl methyl sites for hydroxylation is 2. The Balaban J connectivity index is 0.000000531. The molecular formula is C12H16N2O. The third-order valence-electron chi connectivity index (χ3n) is 1.79. The van der Waals surface area contributed by atoms with E-state index in [1.165, 1.54) is 5.56 Å². The van der Waals surface area contributed by atoms with Gasteiger partial charge < -0.3 is 4.42 Å². The maximum absolute atomic E-state index is 5.30. The molecule has 1 aromatic carbocycles. The van der Waals surface area contributed by atoms with Crippen LogP contribution in [0.1, 0.15) is 25.3 Å². The molecule has 0 saturated heterocycles. The first-order valence-electron chi connectivity index (χ1n) is 5.13. The molecule has 80 valence electrons. The second kappa shape index (κ2) is 5.29. The number of rotatable bonds is 1. The van der Waals surface area contributed by atoms with Gasteiger partial charge in [0.2, 0.25) is 11.8 Å². The fraction of sp³-hybridized carbons (Fsp3) is 0.333. The normalized spacial score (nSPS) is 9.33. The van der Waals surface area contributed by atoms with Crippen molar-refractivity contribution < 1.29 is 4.42 Å². The average molecular weight is 204 g/mol. The summed E-state index contributed by atoms with van der Waals surface area (Å²) in [5, 5.41) is 7.72. The standard InChI is InChI=1S/C10H10N2O.C2H6/c1-7-4-3-5-9(6-7)10-12-11-8(2)13-10;1-2/h3-6H,1-2H3;1-2H3. The van der Waals surface area contributed by atoms with Crippen LogP contribution in [0, 0.1) is 13.8 Å². The minimum Gasteiger partial charge on any atom is -0.421 e. The molecule has 2 aromatic rings. The molecule has 1 heterocycles. The molecule has 15 heavy (non-hydrogen) atoms. The zero-order chi connectivity index (χ0) is 11.3. The highest BCUT2D eigenvalue weighted by atomic mass is 16.4. The van der Waals surface area contributed by atoms with Crippen LogP contribution in [0.3, 0.4) is 0 Å². The van der Waals surface area contributed by atoms with Crippen LogP contribution in [0.15, 0.2) is 28.7 Å². The van der Waals surface area contributed by atoms with Crippen LogP contribution in [-0.2, 0) is 0 Å². The molecule has 0 atom stereocenters. The monoisotopic (exact) mass is 204 g/mol. The topological polar surface area (TPSA) is 38.9 Å². The molecule has 0 aliphatic heterocycles. The fourth-order valence-electron chi connectivity index (χ4n) is 1.19. The molecule has 0 radical (unpaired) electrons. The summed E-state index contributed by atoms with van der Waals surface area (Å²) in [4.78, 5) is 0. The summed E-state index contributed by atoms with van der Waals surface area (Å²) in [5.41, 5.74) is 2.16. The summed E-state index contributed by atoms with van der Waals surface area (Å²) in [6, 6.07) is 7.99. The van der Waals surface area contributed by atoms with Crippen LogP contribution in [-0.4, -0.2) is 10.2 Å². The number of hydrogen-bond acceptors (Lipinski definition) is 3. The predicted octanol–water partition coefficient (Wildman–Crippen LogP) is 3.38. The van der Waals surface area contributed by atoms with E-state index in [0.717, 1.165) is 5.56 Å². The van der Waals surface area contributed by atoms with E-state index >= 15 is 0 Å². The molecule has 2 rings (SSSR count). The Morgan fingerprint density at radius 2 is 1.80 bits per heavy atom. The van der Waals surface area contributed by atoms with E-state index in [9.17, 15) is 0 Å². The van der Waals surface area contributed by atoms with Crippen molar-refractivity contribution >= 4 is 0 Å². The lowest BCUT2D eigenvalue weighted by molar-refractivity contribution is 0.532. The van der Waals surface area contributed by atoms with Gasteiger partial charge in [-0.05, 0) is 19.1 Å². The largest absolute Gasteiger partial charge is 0.421 e. The van der Waals surface area contributed by atoms with Gasteiger partial charge >= 0.3 is 0 Å². The lowest BCUT2D eigenvalue weighted by Crippen LogP contribution is -1.78. The molecule has 0 unspecified atom stereocenters. The third-order valence-corrected chi connectivity index (χ3v) is 1.79. The SMILES string of the molecule is CC.Cc1cccc(-c2nnc(C)o2)c1. The van der Waals surface area contributed by atoms with Gasteiger partial charge in [-0.2, -0.15) is 0 Å². The van der Waals surface area contributed by atoms with Crippen molar-refractivity contribution in [1.82, 2.24) is 10.2 Å². The highest BCUT2D eigenvalue weighted by Crippen LogP contribution is 2.18.